The molecule has 5 nitrogen and oxygen atoms in total. The Morgan fingerprint density at radius 3 is 2.75 bits per heavy atom. The van der Waals surface area contributed by atoms with E-state index in [1.165, 1.54) is 0 Å². The van der Waals surface area contributed by atoms with Gasteiger partial charge in [0.05, 0.1) is 18.0 Å². The smallest absolute Gasteiger partial charge is 0.233 e. The second-order valence-corrected chi connectivity index (χ2v) is 6.89. The van der Waals surface area contributed by atoms with Gasteiger partial charge in [0.25, 0.3) is 0 Å². The number of hydrogen-bond acceptors (Lipinski definition) is 4. The Morgan fingerprint density at radius 1 is 1.30 bits per heavy atom. The van der Waals surface area contributed by atoms with Gasteiger partial charge in [0.1, 0.15) is 0 Å². The molecule has 0 unspecified atom stereocenters. The number of sulfonamides is 1. The van der Waals surface area contributed by atoms with Gasteiger partial charge < -0.3 is 10.1 Å². The van der Waals surface area contributed by atoms with Gasteiger partial charge in [0.2, 0.25) is 10.0 Å². The second kappa shape index (κ2) is 7.06. The molecule has 1 aliphatic carbocycles. The van der Waals surface area contributed by atoms with Gasteiger partial charge in [-0.1, -0.05) is 18.2 Å². The fourth-order valence-electron chi connectivity index (χ4n) is 1.95. The van der Waals surface area contributed by atoms with E-state index in [2.05, 4.69) is 10.0 Å². The van der Waals surface area contributed by atoms with Crippen molar-refractivity contribution in [3.8, 4) is 0 Å². The van der Waals surface area contributed by atoms with Crippen molar-refractivity contribution in [2.75, 3.05) is 30.7 Å². The number of anilines is 1. The van der Waals surface area contributed by atoms with Crippen LogP contribution in [0.3, 0.4) is 0 Å². The van der Waals surface area contributed by atoms with Gasteiger partial charge in [-0.3, -0.25) is 4.72 Å². The van der Waals surface area contributed by atoms with E-state index in [0.717, 1.165) is 18.4 Å². The van der Waals surface area contributed by atoms with Crippen LogP contribution in [0.25, 0.3) is 0 Å². The Kier molecular flexibility index (Phi) is 5.39. The summed E-state index contributed by atoms with van der Waals surface area (Å²) in [5.74, 6) is 0.0993. The van der Waals surface area contributed by atoms with Gasteiger partial charge in [-0.2, -0.15) is 0 Å². The fraction of sp³-hybridized carbons (Fsp3) is 0.571. The summed E-state index contributed by atoms with van der Waals surface area (Å²) in [7, 11) is -1.67. The minimum atomic E-state index is -3.30. The molecule has 1 fully saturated rings. The average molecular weight is 298 g/mol. The largest absolute Gasteiger partial charge is 0.384 e. The van der Waals surface area contributed by atoms with Crippen LogP contribution in [-0.4, -0.2) is 40.5 Å². The average Bonchev–Trinajstić information content (AvgIpc) is 3.21. The van der Waals surface area contributed by atoms with Crippen molar-refractivity contribution in [2.24, 2.45) is 0 Å². The first-order valence-electron chi connectivity index (χ1n) is 6.91. The second-order valence-electron chi connectivity index (χ2n) is 5.05. The Balaban J connectivity index is 1.92. The summed E-state index contributed by atoms with van der Waals surface area (Å²) in [5.41, 5.74) is 1.60. The lowest BCUT2D eigenvalue weighted by atomic mass is 10.1. The minimum absolute atomic E-state index is 0.0993. The van der Waals surface area contributed by atoms with Gasteiger partial charge in [0, 0.05) is 19.7 Å². The van der Waals surface area contributed by atoms with E-state index < -0.39 is 10.0 Å². The molecule has 6 heteroatoms. The molecule has 1 saturated carbocycles. The number of benzene rings is 1. The number of rotatable bonds is 9. The first-order chi connectivity index (χ1) is 9.61. The lowest BCUT2D eigenvalue weighted by Gasteiger charge is -2.12. The predicted octanol–water partition coefficient (Wildman–Crippen LogP) is 1.37. The van der Waals surface area contributed by atoms with Crippen molar-refractivity contribution in [1.82, 2.24) is 5.32 Å². The van der Waals surface area contributed by atoms with Crippen LogP contribution in [0.1, 0.15) is 18.4 Å². The van der Waals surface area contributed by atoms with Crippen LogP contribution in [0, 0.1) is 0 Å². The molecule has 1 aromatic rings. The normalized spacial score (nSPS) is 15.2. The SMILES string of the molecule is COCCc1ccccc1NS(=O)(=O)CCNC1CC1. The minimum Gasteiger partial charge on any atom is -0.384 e. The molecule has 1 aliphatic rings. The standard InChI is InChI=1S/C14H22N2O3S/c1-19-10-8-12-4-2-3-5-14(12)16-20(17,18)11-9-15-13-6-7-13/h2-5,13,15-16H,6-11H2,1H3. The third kappa shape index (κ3) is 5.11. The summed E-state index contributed by atoms with van der Waals surface area (Å²) in [6.45, 7) is 1.07. The molecule has 0 saturated heterocycles. The van der Waals surface area contributed by atoms with Crippen LogP contribution >= 0.6 is 0 Å². The predicted molar refractivity (Wildman–Crippen MR) is 80.5 cm³/mol. The molecule has 0 amide bonds. The molecule has 0 spiro atoms. The summed E-state index contributed by atoms with van der Waals surface area (Å²) < 4.78 is 31.8. The number of para-hydroxylation sites is 1. The van der Waals surface area contributed by atoms with Crippen LogP contribution in [0.5, 0.6) is 0 Å². The van der Waals surface area contributed by atoms with Crippen molar-refractivity contribution < 1.29 is 13.2 Å². The molecule has 1 aromatic carbocycles. The number of methoxy groups -OCH3 is 1. The third-order valence-electron chi connectivity index (χ3n) is 3.24. The highest BCUT2D eigenvalue weighted by molar-refractivity contribution is 7.92. The van der Waals surface area contributed by atoms with E-state index in [0.29, 0.717) is 31.3 Å². The van der Waals surface area contributed by atoms with Gasteiger partial charge in [-0.25, -0.2) is 8.42 Å². The van der Waals surface area contributed by atoms with Gasteiger partial charge in [0.15, 0.2) is 0 Å². The fourth-order valence-corrected chi connectivity index (χ4v) is 2.98. The molecule has 20 heavy (non-hydrogen) atoms. The Hall–Kier alpha value is -1.11. The highest BCUT2D eigenvalue weighted by Gasteiger charge is 2.21. The summed E-state index contributed by atoms with van der Waals surface area (Å²) in [4.78, 5) is 0. The number of ether oxygens (including phenoxy) is 1. The summed E-state index contributed by atoms with van der Waals surface area (Å²) in [6, 6.07) is 7.96. The van der Waals surface area contributed by atoms with E-state index in [-0.39, 0.29) is 5.75 Å². The zero-order valence-electron chi connectivity index (χ0n) is 11.8. The van der Waals surface area contributed by atoms with E-state index in [1.807, 2.05) is 18.2 Å². The lowest BCUT2D eigenvalue weighted by Crippen LogP contribution is -2.28. The molecule has 2 rings (SSSR count). The van der Waals surface area contributed by atoms with E-state index >= 15 is 0 Å². The van der Waals surface area contributed by atoms with Gasteiger partial charge in [-0.15, -0.1) is 0 Å². The van der Waals surface area contributed by atoms with Crippen molar-refractivity contribution in [3.05, 3.63) is 29.8 Å². The first-order valence-corrected chi connectivity index (χ1v) is 8.56. The molecular formula is C14H22N2O3S. The van der Waals surface area contributed by atoms with E-state index in [1.54, 1.807) is 13.2 Å². The summed E-state index contributed by atoms with van der Waals surface area (Å²) in [5, 5.41) is 3.21. The Bertz CT molecular complexity index is 527. The van der Waals surface area contributed by atoms with Gasteiger partial charge >= 0.3 is 0 Å². The van der Waals surface area contributed by atoms with Crippen LogP contribution in [-0.2, 0) is 21.2 Å². The molecule has 0 aromatic heterocycles. The molecule has 0 radical (unpaired) electrons. The van der Waals surface area contributed by atoms with E-state index in [4.69, 9.17) is 4.74 Å². The summed E-state index contributed by atoms with van der Waals surface area (Å²) in [6.07, 6.45) is 3.01. The van der Waals surface area contributed by atoms with Crippen LogP contribution in [0.15, 0.2) is 24.3 Å². The topological polar surface area (TPSA) is 67.4 Å². The number of hydrogen-bond donors (Lipinski definition) is 2. The Morgan fingerprint density at radius 2 is 2.05 bits per heavy atom. The molecule has 0 bridgehead atoms. The molecular weight excluding hydrogens is 276 g/mol. The zero-order valence-corrected chi connectivity index (χ0v) is 12.6. The molecule has 0 aliphatic heterocycles. The molecule has 2 N–H and O–H groups in total. The number of nitrogens with one attached hydrogen (secondary N) is 2. The van der Waals surface area contributed by atoms with Crippen LogP contribution in [0.2, 0.25) is 0 Å². The maximum atomic E-state index is 12.0. The molecule has 0 heterocycles. The quantitative estimate of drug-likeness (QED) is 0.722. The zero-order chi connectivity index (χ0) is 14.4. The Labute approximate surface area is 120 Å². The highest BCUT2D eigenvalue weighted by Crippen LogP contribution is 2.19. The first kappa shape index (κ1) is 15.3. The highest BCUT2D eigenvalue weighted by atomic mass is 32.2. The maximum absolute atomic E-state index is 12.0. The molecule has 112 valence electrons. The van der Waals surface area contributed by atoms with E-state index in [9.17, 15) is 8.42 Å². The van der Waals surface area contributed by atoms with Crippen molar-refractivity contribution in [2.45, 2.75) is 25.3 Å². The third-order valence-corrected chi connectivity index (χ3v) is 4.51. The van der Waals surface area contributed by atoms with Crippen molar-refractivity contribution >= 4 is 15.7 Å². The van der Waals surface area contributed by atoms with Crippen LogP contribution < -0.4 is 10.0 Å². The lowest BCUT2D eigenvalue weighted by molar-refractivity contribution is 0.202. The monoisotopic (exact) mass is 298 g/mol. The molecule has 0 atom stereocenters. The summed E-state index contributed by atoms with van der Waals surface area (Å²) >= 11 is 0. The maximum Gasteiger partial charge on any atom is 0.233 e. The van der Waals surface area contributed by atoms with Crippen molar-refractivity contribution in [1.29, 1.82) is 0 Å². The van der Waals surface area contributed by atoms with Gasteiger partial charge in [-0.05, 0) is 30.9 Å². The van der Waals surface area contributed by atoms with Crippen molar-refractivity contribution in [3.63, 3.8) is 0 Å². The van der Waals surface area contributed by atoms with Crippen LogP contribution in [0.4, 0.5) is 5.69 Å².